The smallest absolute Gasteiger partial charge is 0.337 e. The van der Waals surface area contributed by atoms with E-state index < -0.39 is 16.8 Å². The molecule has 7 heteroatoms. The summed E-state index contributed by atoms with van der Waals surface area (Å²) in [7, 11) is 1.29. The maximum Gasteiger partial charge on any atom is 0.337 e. The lowest BCUT2D eigenvalue weighted by Crippen LogP contribution is -2.23. The first-order valence-corrected chi connectivity index (χ1v) is 6.72. The zero-order chi connectivity index (χ0) is 16.8. The largest absolute Gasteiger partial charge is 0.465 e. The van der Waals surface area contributed by atoms with Gasteiger partial charge in [0.1, 0.15) is 5.56 Å². The van der Waals surface area contributed by atoms with Gasteiger partial charge in [0, 0.05) is 12.6 Å². The summed E-state index contributed by atoms with van der Waals surface area (Å²) in [6.45, 7) is 0.187. The van der Waals surface area contributed by atoms with Gasteiger partial charge >= 0.3 is 5.97 Å². The van der Waals surface area contributed by atoms with Gasteiger partial charge in [-0.15, -0.1) is 0 Å². The summed E-state index contributed by atoms with van der Waals surface area (Å²) < 4.78 is 4.60. The topological polar surface area (TPSA) is 98.5 Å². The molecule has 0 bridgehead atoms. The van der Waals surface area contributed by atoms with Crippen LogP contribution in [0.25, 0.3) is 0 Å². The second-order valence-corrected chi connectivity index (χ2v) is 4.65. The first-order chi connectivity index (χ1) is 11.0. The van der Waals surface area contributed by atoms with Gasteiger partial charge in [-0.2, -0.15) is 0 Å². The molecule has 0 radical (unpaired) electrons. The van der Waals surface area contributed by atoms with Crippen molar-refractivity contribution >= 4 is 17.6 Å². The number of rotatable bonds is 5. The van der Waals surface area contributed by atoms with E-state index in [1.54, 1.807) is 30.3 Å². The summed E-state index contributed by atoms with van der Waals surface area (Å²) >= 11 is 0. The molecule has 0 aliphatic carbocycles. The van der Waals surface area contributed by atoms with E-state index in [1.807, 2.05) is 0 Å². The lowest BCUT2D eigenvalue weighted by molar-refractivity contribution is -0.385. The lowest BCUT2D eigenvalue weighted by Gasteiger charge is -2.06. The predicted octanol–water partition coefficient (Wildman–Crippen LogP) is 2.31. The molecule has 0 spiro atoms. The molecule has 0 heterocycles. The summed E-state index contributed by atoms with van der Waals surface area (Å²) in [6, 6.07) is 12.2. The zero-order valence-electron chi connectivity index (χ0n) is 12.3. The summed E-state index contributed by atoms with van der Waals surface area (Å²) in [5.74, 6) is -0.977. The van der Waals surface area contributed by atoms with Gasteiger partial charge in [-0.25, -0.2) is 4.79 Å². The van der Waals surface area contributed by atoms with Gasteiger partial charge in [-0.3, -0.25) is 14.9 Å². The number of methoxy groups -OCH3 is 1. The van der Waals surface area contributed by atoms with Crippen molar-refractivity contribution in [3.8, 4) is 0 Å². The van der Waals surface area contributed by atoms with Gasteiger partial charge in [0.2, 0.25) is 0 Å². The van der Waals surface area contributed by atoms with Crippen LogP contribution in [-0.4, -0.2) is 23.9 Å². The van der Waals surface area contributed by atoms with Crippen molar-refractivity contribution in [3.05, 3.63) is 75.3 Å². The molecule has 2 rings (SSSR count). The highest BCUT2D eigenvalue weighted by atomic mass is 16.6. The van der Waals surface area contributed by atoms with E-state index in [9.17, 15) is 19.7 Å². The number of benzene rings is 2. The molecule has 7 nitrogen and oxygen atoms in total. The number of esters is 1. The first kappa shape index (κ1) is 16.2. The number of amides is 1. The van der Waals surface area contributed by atoms with Crippen molar-refractivity contribution in [3.63, 3.8) is 0 Å². The zero-order valence-corrected chi connectivity index (χ0v) is 12.3. The maximum atomic E-state index is 12.1. The number of nitro benzene ring substituents is 1. The number of hydrogen-bond acceptors (Lipinski definition) is 5. The molecule has 0 aliphatic rings. The molecule has 0 saturated carbocycles. The number of para-hydroxylation sites is 1. The second-order valence-electron chi connectivity index (χ2n) is 4.65. The van der Waals surface area contributed by atoms with Crippen LogP contribution < -0.4 is 5.32 Å². The van der Waals surface area contributed by atoms with E-state index in [4.69, 9.17) is 0 Å². The SMILES string of the molecule is COC(=O)c1ccc(CNC(=O)c2ccccc2[N+](=O)[O-])cc1. The number of hydrogen-bond donors (Lipinski definition) is 1. The van der Waals surface area contributed by atoms with E-state index in [1.165, 1.54) is 25.3 Å². The van der Waals surface area contributed by atoms with Crippen molar-refractivity contribution in [2.45, 2.75) is 6.54 Å². The predicted molar refractivity (Wildman–Crippen MR) is 82.0 cm³/mol. The highest BCUT2D eigenvalue weighted by Gasteiger charge is 2.18. The van der Waals surface area contributed by atoms with Crippen molar-refractivity contribution in [1.82, 2.24) is 5.32 Å². The normalized spacial score (nSPS) is 9.96. The van der Waals surface area contributed by atoms with Crippen LogP contribution in [0.5, 0.6) is 0 Å². The molecule has 0 aromatic heterocycles. The molecule has 118 valence electrons. The number of ether oxygens (including phenoxy) is 1. The molecule has 0 fully saturated rings. The Labute approximate surface area is 132 Å². The molecule has 0 aliphatic heterocycles. The van der Waals surface area contributed by atoms with Gasteiger partial charge in [0.15, 0.2) is 0 Å². The fraction of sp³-hybridized carbons (Fsp3) is 0.125. The van der Waals surface area contributed by atoms with Crippen molar-refractivity contribution in [2.24, 2.45) is 0 Å². The van der Waals surface area contributed by atoms with Gasteiger partial charge in [0.25, 0.3) is 11.6 Å². The average molecular weight is 314 g/mol. The van der Waals surface area contributed by atoms with Crippen LogP contribution in [0.3, 0.4) is 0 Å². The third-order valence-electron chi connectivity index (χ3n) is 3.17. The van der Waals surface area contributed by atoms with Crippen LogP contribution in [-0.2, 0) is 11.3 Å². The van der Waals surface area contributed by atoms with Gasteiger partial charge < -0.3 is 10.1 Å². The maximum absolute atomic E-state index is 12.1. The van der Waals surface area contributed by atoms with Crippen LogP contribution in [0.1, 0.15) is 26.3 Å². The van der Waals surface area contributed by atoms with E-state index in [2.05, 4.69) is 10.1 Å². The van der Waals surface area contributed by atoms with E-state index >= 15 is 0 Å². The van der Waals surface area contributed by atoms with E-state index in [-0.39, 0.29) is 17.8 Å². The number of carbonyl (C=O) groups excluding carboxylic acids is 2. The minimum Gasteiger partial charge on any atom is -0.465 e. The summed E-state index contributed by atoms with van der Waals surface area (Å²) in [6.07, 6.45) is 0. The van der Waals surface area contributed by atoms with Crippen molar-refractivity contribution < 1.29 is 19.2 Å². The summed E-state index contributed by atoms with van der Waals surface area (Å²) in [4.78, 5) is 33.7. The number of carbonyl (C=O) groups is 2. The monoisotopic (exact) mass is 314 g/mol. The molecule has 0 unspecified atom stereocenters. The number of nitrogens with one attached hydrogen (secondary N) is 1. The molecule has 1 amide bonds. The average Bonchev–Trinajstić information content (AvgIpc) is 2.59. The third kappa shape index (κ3) is 3.91. The summed E-state index contributed by atoms with van der Waals surface area (Å²) in [5, 5.41) is 13.5. The minimum absolute atomic E-state index is 0.00341. The standard InChI is InChI=1S/C16H14N2O5/c1-23-16(20)12-8-6-11(7-9-12)10-17-15(19)13-4-2-3-5-14(13)18(21)22/h2-9H,10H2,1H3,(H,17,19). The fourth-order valence-corrected chi connectivity index (χ4v) is 1.98. The Bertz CT molecular complexity index is 740. The van der Waals surface area contributed by atoms with E-state index in [0.717, 1.165) is 5.56 Å². The summed E-state index contributed by atoms with van der Waals surface area (Å²) in [5.41, 5.74) is 0.917. The Balaban J connectivity index is 2.05. The molecular formula is C16H14N2O5. The van der Waals surface area contributed by atoms with Crippen LogP contribution in [0, 0.1) is 10.1 Å². The van der Waals surface area contributed by atoms with Crippen LogP contribution in [0.2, 0.25) is 0 Å². The van der Waals surface area contributed by atoms with Gasteiger partial charge in [0.05, 0.1) is 17.6 Å². The highest BCUT2D eigenvalue weighted by Crippen LogP contribution is 2.17. The Morgan fingerprint density at radius 2 is 1.78 bits per heavy atom. The van der Waals surface area contributed by atoms with Crippen molar-refractivity contribution in [2.75, 3.05) is 7.11 Å². The van der Waals surface area contributed by atoms with Crippen molar-refractivity contribution in [1.29, 1.82) is 0 Å². The first-order valence-electron chi connectivity index (χ1n) is 6.72. The van der Waals surface area contributed by atoms with E-state index in [0.29, 0.717) is 5.56 Å². The molecular weight excluding hydrogens is 300 g/mol. The molecule has 2 aromatic rings. The Hall–Kier alpha value is -3.22. The Morgan fingerprint density at radius 1 is 1.13 bits per heavy atom. The highest BCUT2D eigenvalue weighted by molar-refractivity contribution is 5.98. The van der Waals surface area contributed by atoms with Gasteiger partial charge in [-0.1, -0.05) is 24.3 Å². The fourth-order valence-electron chi connectivity index (χ4n) is 1.98. The van der Waals surface area contributed by atoms with Gasteiger partial charge in [-0.05, 0) is 23.8 Å². The quantitative estimate of drug-likeness (QED) is 0.519. The van der Waals surface area contributed by atoms with Crippen LogP contribution >= 0.6 is 0 Å². The van der Waals surface area contributed by atoms with Crippen LogP contribution in [0.15, 0.2) is 48.5 Å². The number of nitrogens with zero attached hydrogens (tertiary/aromatic N) is 1. The Morgan fingerprint density at radius 3 is 2.39 bits per heavy atom. The number of nitro groups is 1. The molecule has 0 saturated heterocycles. The molecule has 23 heavy (non-hydrogen) atoms. The molecule has 2 aromatic carbocycles. The third-order valence-corrected chi connectivity index (χ3v) is 3.17. The second kappa shape index (κ2) is 7.17. The Kier molecular flexibility index (Phi) is 5.03. The lowest BCUT2D eigenvalue weighted by atomic mass is 10.1. The molecule has 0 atom stereocenters. The minimum atomic E-state index is -0.597. The van der Waals surface area contributed by atoms with Crippen LogP contribution in [0.4, 0.5) is 5.69 Å². The molecule has 1 N–H and O–H groups in total.